The van der Waals surface area contributed by atoms with Crippen molar-refractivity contribution < 1.29 is 19.1 Å². The Bertz CT molecular complexity index is 604. The Kier molecular flexibility index (Phi) is 2.89. The van der Waals surface area contributed by atoms with E-state index in [0.717, 1.165) is 0 Å². The first kappa shape index (κ1) is 12.9. The van der Waals surface area contributed by atoms with Crippen LogP contribution in [0.4, 0.5) is 0 Å². The minimum absolute atomic E-state index is 0.232. The smallest absolute Gasteiger partial charge is 0.328 e. The number of benzene rings is 1. The van der Waals surface area contributed by atoms with E-state index in [-0.39, 0.29) is 12.4 Å². The number of rotatable bonds is 2. The van der Waals surface area contributed by atoms with Crippen molar-refractivity contribution in [1.82, 2.24) is 0 Å². The molecule has 0 N–H and O–H groups in total. The van der Waals surface area contributed by atoms with Gasteiger partial charge in [-0.1, -0.05) is 18.7 Å². The minimum atomic E-state index is -1.36. The standard InChI is InChI=1S/C16H16O4/c1-3-19-15(18)16-10(2)8-9-13(16)20-12-7-5-4-6-11(12)14(16)17/h4-7,13H,2-3,8-9H2,1H3/t13-,16-/m0/s1. The molecule has 4 nitrogen and oxygen atoms in total. The number of Topliss-reactive ketones (excluding diaryl/α,β-unsaturated/α-hetero) is 1. The van der Waals surface area contributed by atoms with Gasteiger partial charge in [0.2, 0.25) is 0 Å². The molecule has 0 bridgehead atoms. The molecule has 0 saturated heterocycles. The SMILES string of the molecule is C=C1CC[C@@H]2Oc3ccccc3C(=O)[C@]12C(=O)OCC. The Morgan fingerprint density at radius 1 is 1.50 bits per heavy atom. The predicted molar refractivity (Wildman–Crippen MR) is 72.6 cm³/mol. The summed E-state index contributed by atoms with van der Waals surface area (Å²) in [6.45, 7) is 5.89. The molecule has 1 fully saturated rings. The summed E-state index contributed by atoms with van der Waals surface area (Å²) in [6, 6.07) is 7.01. The molecule has 2 aliphatic rings. The van der Waals surface area contributed by atoms with Gasteiger partial charge in [0, 0.05) is 0 Å². The van der Waals surface area contributed by atoms with E-state index < -0.39 is 17.5 Å². The highest BCUT2D eigenvalue weighted by molar-refractivity contribution is 6.18. The molecule has 2 atom stereocenters. The van der Waals surface area contributed by atoms with E-state index in [1.54, 1.807) is 25.1 Å². The van der Waals surface area contributed by atoms with Crippen molar-refractivity contribution in [1.29, 1.82) is 0 Å². The van der Waals surface area contributed by atoms with Gasteiger partial charge in [0.1, 0.15) is 11.9 Å². The summed E-state index contributed by atoms with van der Waals surface area (Å²) in [5.41, 5.74) is -0.329. The number of hydrogen-bond donors (Lipinski definition) is 0. The first-order valence-corrected chi connectivity index (χ1v) is 6.78. The van der Waals surface area contributed by atoms with Crippen molar-refractivity contribution in [2.45, 2.75) is 25.9 Å². The Hall–Kier alpha value is -2.10. The van der Waals surface area contributed by atoms with Gasteiger partial charge in [-0.05, 0) is 37.5 Å². The average Bonchev–Trinajstić information content (AvgIpc) is 2.78. The van der Waals surface area contributed by atoms with Crippen molar-refractivity contribution in [2.75, 3.05) is 6.61 Å². The van der Waals surface area contributed by atoms with Crippen LogP contribution in [0.1, 0.15) is 30.1 Å². The van der Waals surface area contributed by atoms with Gasteiger partial charge in [0.05, 0.1) is 12.2 Å². The number of carbonyl (C=O) groups excluding carboxylic acids is 2. The van der Waals surface area contributed by atoms with E-state index in [1.807, 2.05) is 6.07 Å². The zero-order chi connectivity index (χ0) is 14.3. The lowest BCUT2D eigenvalue weighted by Crippen LogP contribution is -2.52. The van der Waals surface area contributed by atoms with Gasteiger partial charge >= 0.3 is 5.97 Å². The quantitative estimate of drug-likeness (QED) is 0.471. The van der Waals surface area contributed by atoms with Crippen LogP contribution in [-0.4, -0.2) is 24.5 Å². The topological polar surface area (TPSA) is 52.6 Å². The molecule has 0 amide bonds. The zero-order valence-corrected chi connectivity index (χ0v) is 11.3. The second kappa shape index (κ2) is 4.47. The minimum Gasteiger partial charge on any atom is -0.488 e. The fraction of sp³-hybridized carbons (Fsp3) is 0.375. The largest absolute Gasteiger partial charge is 0.488 e. The summed E-state index contributed by atoms with van der Waals surface area (Å²) in [6.07, 6.45) is 0.706. The maximum Gasteiger partial charge on any atom is 0.328 e. The lowest BCUT2D eigenvalue weighted by Gasteiger charge is -2.37. The highest BCUT2D eigenvalue weighted by atomic mass is 16.5. The molecule has 0 unspecified atom stereocenters. The number of hydrogen-bond acceptors (Lipinski definition) is 4. The lowest BCUT2D eigenvalue weighted by molar-refractivity contribution is -0.154. The number of ketones is 1. The maximum absolute atomic E-state index is 12.9. The molecule has 0 spiro atoms. The van der Waals surface area contributed by atoms with E-state index in [4.69, 9.17) is 9.47 Å². The fourth-order valence-electron chi connectivity index (χ4n) is 3.14. The number of ether oxygens (including phenoxy) is 2. The van der Waals surface area contributed by atoms with Crippen LogP contribution in [-0.2, 0) is 9.53 Å². The molecule has 0 aromatic heterocycles. The molecular formula is C16H16O4. The van der Waals surface area contributed by atoms with Gasteiger partial charge in [-0.25, -0.2) is 0 Å². The van der Waals surface area contributed by atoms with Crippen LogP contribution in [0.3, 0.4) is 0 Å². The van der Waals surface area contributed by atoms with Crippen LogP contribution in [0.15, 0.2) is 36.4 Å². The molecule has 104 valence electrons. The average molecular weight is 272 g/mol. The van der Waals surface area contributed by atoms with E-state index in [1.165, 1.54) is 0 Å². The molecule has 1 aliphatic heterocycles. The van der Waals surface area contributed by atoms with Crippen molar-refractivity contribution in [3.63, 3.8) is 0 Å². The zero-order valence-electron chi connectivity index (χ0n) is 11.3. The van der Waals surface area contributed by atoms with Crippen molar-refractivity contribution in [2.24, 2.45) is 5.41 Å². The molecule has 1 saturated carbocycles. The number of fused-ring (bicyclic) bond motifs is 2. The second-order valence-corrected chi connectivity index (χ2v) is 5.10. The summed E-state index contributed by atoms with van der Waals surface area (Å²) in [5, 5.41) is 0. The first-order valence-electron chi connectivity index (χ1n) is 6.78. The monoisotopic (exact) mass is 272 g/mol. The number of esters is 1. The molecule has 20 heavy (non-hydrogen) atoms. The van der Waals surface area contributed by atoms with Crippen LogP contribution in [0.5, 0.6) is 5.75 Å². The first-order chi connectivity index (χ1) is 9.62. The lowest BCUT2D eigenvalue weighted by atomic mass is 9.73. The number of para-hydroxylation sites is 1. The molecule has 0 radical (unpaired) electrons. The Morgan fingerprint density at radius 2 is 2.25 bits per heavy atom. The molecule has 1 aliphatic carbocycles. The van der Waals surface area contributed by atoms with Gasteiger partial charge < -0.3 is 9.47 Å². The van der Waals surface area contributed by atoms with Crippen molar-refractivity contribution in [3.05, 3.63) is 42.0 Å². The normalized spacial score (nSPS) is 27.6. The summed E-state index contributed by atoms with van der Waals surface area (Å²) in [5.74, 6) is -0.241. The summed E-state index contributed by atoms with van der Waals surface area (Å²) in [4.78, 5) is 25.4. The molecule has 4 heteroatoms. The highest BCUT2D eigenvalue weighted by Crippen LogP contribution is 2.51. The van der Waals surface area contributed by atoms with E-state index >= 15 is 0 Å². The van der Waals surface area contributed by atoms with Gasteiger partial charge in [0.15, 0.2) is 11.2 Å². The van der Waals surface area contributed by atoms with Crippen molar-refractivity contribution >= 4 is 11.8 Å². The van der Waals surface area contributed by atoms with Crippen LogP contribution in [0.2, 0.25) is 0 Å². The molecule has 1 heterocycles. The maximum atomic E-state index is 12.9. The molecule has 3 rings (SSSR count). The third-order valence-electron chi connectivity index (χ3n) is 4.11. The van der Waals surface area contributed by atoms with Gasteiger partial charge in [-0.2, -0.15) is 0 Å². The molecule has 1 aromatic rings. The van der Waals surface area contributed by atoms with Crippen LogP contribution in [0.25, 0.3) is 0 Å². The summed E-state index contributed by atoms with van der Waals surface area (Å²) in [7, 11) is 0. The van der Waals surface area contributed by atoms with Gasteiger partial charge in [0.25, 0.3) is 0 Å². The van der Waals surface area contributed by atoms with Crippen LogP contribution in [0, 0.1) is 5.41 Å². The summed E-state index contributed by atoms with van der Waals surface area (Å²) >= 11 is 0. The highest BCUT2D eigenvalue weighted by Gasteiger charge is 2.62. The predicted octanol–water partition coefficient (Wildman–Crippen LogP) is 2.53. The fourth-order valence-corrected chi connectivity index (χ4v) is 3.14. The number of carbonyl (C=O) groups is 2. The third kappa shape index (κ3) is 1.48. The Balaban J connectivity index is 2.16. The third-order valence-corrected chi connectivity index (χ3v) is 4.11. The van der Waals surface area contributed by atoms with Gasteiger partial charge in [-0.3, -0.25) is 9.59 Å². The molecular weight excluding hydrogens is 256 g/mol. The van der Waals surface area contributed by atoms with Gasteiger partial charge in [-0.15, -0.1) is 0 Å². The summed E-state index contributed by atoms with van der Waals surface area (Å²) < 4.78 is 11.0. The van der Waals surface area contributed by atoms with Crippen LogP contribution < -0.4 is 4.74 Å². The Morgan fingerprint density at radius 3 is 3.00 bits per heavy atom. The Labute approximate surface area is 117 Å². The van der Waals surface area contributed by atoms with E-state index in [0.29, 0.717) is 29.7 Å². The van der Waals surface area contributed by atoms with E-state index in [9.17, 15) is 9.59 Å². The van der Waals surface area contributed by atoms with E-state index in [2.05, 4.69) is 6.58 Å². The van der Waals surface area contributed by atoms with Crippen LogP contribution >= 0.6 is 0 Å². The molecule has 1 aromatic carbocycles. The van der Waals surface area contributed by atoms with Crippen molar-refractivity contribution in [3.8, 4) is 5.75 Å². The second-order valence-electron chi connectivity index (χ2n) is 5.10.